The smallest absolute Gasteiger partial charge is 0.255 e. The van der Waals surface area contributed by atoms with E-state index in [2.05, 4.69) is 10.6 Å². The van der Waals surface area contributed by atoms with Crippen LogP contribution in [0, 0.1) is 5.92 Å². The third-order valence-electron chi connectivity index (χ3n) is 5.08. The first-order valence-corrected chi connectivity index (χ1v) is 8.57. The van der Waals surface area contributed by atoms with Crippen LogP contribution in [0.1, 0.15) is 54.6 Å². The Morgan fingerprint density at radius 2 is 1.96 bits per heavy atom. The maximum absolute atomic E-state index is 12.7. The SMILES string of the molecule is C.O=C1CCC(N2Cc3c(CNC(=O)C4CC4)cccc3C2=O)C(=O)N1. The van der Waals surface area contributed by atoms with Gasteiger partial charge in [-0.15, -0.1) is 0 Å². The molecule has 4 rings (SSSR count). The highest BCUT2D eigenvalue weighted by atomic mass is 16.2. The molecule has 26 heavy (non-hydrogen) atoms. The van der Waals surface area contributed by atoms with Crippen molar-refractivity contribution in [2.24, 2.45) is 5.92 Å². The Morgan fingerprint density at radius 1 is 1.19 bits per heavy atom. The summed E-state index contributed by atoms with van der Waals surface area (Å²) in [4.78, 5) is 49.5. The highest BCUT2D eigenvalue weighted by Gasteiger charge is 2.39. The molecule has 4 amide bonds. The largest absolute Gasteiger partial charge is 0.352 e. The molecule has 2 aliphatic heterocycles. The van der Waals surface area contributed by atoms with Crippen LogP contribution < -0.4 is 10.6 Å². The first-order valence-electron chi connectivity index (χ1n) is 8.57. The number of carbonyl (C=O) groups excluding carboxylic acids is 4. The first-order chi connectivity index (χ1) is 12.0. The van der Waals surface area contributed by atoms with E-state index in [1.165, 1.54) is 4.90 Å². The summed E-state index contributed by atoms with van der Waals surface area (Å²) in [5.41, 5.74) is 2.32. The zero-order valence-corrected chi connectivity index (χ0v) is 13.7. The fourth-order valence-corrected chi connectivity index (χ4v) is 3.49. The molecule has 1 unspecified atom stereocenters. The standard InChI is InChI=1S/C18H19N3O4.CH4/c22-15-7-6-14(17(24)20-15)21-9-13-11(2-1-3-12(13)18(21)25)8-19-16(23)10-4-5-10;/h1-3,10,14H,4-9H2,(H,19,23)(H,20,22,24);1H4. The first kappa shape index (κ1) is 18.1. The van der Waals surface area contributed by atoms with Crippen LogP contribution in [0.2, 0.25) is 0 Å². The van der Waals surface area contributed by atoms with Gasteiger partial charge < -0.3 is 10.2 Å². The highest BCUT2D eigenvalue weighted by Crippen LogP contribution is 2.31. The van der Waals surface area contributed by atoms with Crippen molar-refractivity contribution in [2.45, 2.75) is 52.2 Å². The molecule has 0 aromatic heterocycles. The van der Waals surface area contributed by atoms with E-state index in [0.717, 1.165) is 24.0 Å². The summed E-state index contributed by atoms with van der Waals surface area (Å²) in [6, 6.07) is 4.82. The summed E-state index contributed by atoms with van der Waals surface area (Å²) < 4.78 is 0. The summed E-state index contributed by atoms with van der Waals surface area (Å²) >= 11 is 0. The van der Waals surface area contributed by atoms with E-state index in [1.807, 2.05) is 6.07 Å². The number of imide groups is 1. The Hall–Kier alpha value is -2.70. The van der Waals surface area contributed by atoms with Crippen LogP contribution in [0.4, 0.5) is 0 Å². The summed E-state index contributed by atoms with van der Waals surface area (Å²) in [6.07, 6.45) is 2.47. The lowest BCUT2D eigenvalue weighted by molar-refractivity contribution is -0.137. The summed E-state index contributed by atoms with van der Waals surface area (Å²) in [7, 11) is 0. The number of piperidine rings is 1. The van der Waals surface area contributed by atoms with E-state index < -0.39 is 11.9 Å². The van der Waals surface area contributed by atoms with E-state index in [1.54, 1.807) is 12.1 Å². The highest BCUT2D eigenvalue weighted by molar-refractivity contribution is 6.05. The van der Waals surface area contributed by atoms with Gasteiger partial charge in [0.05, 0.1) is 0 Å². The van der Waals surface area contributed by atoms with Gasteiger partial charge in [-0.25, -0.2) is 0 Å². The number of carbonyl (C=O) groups is 4. The zero-order valence-electron chi connectivity index (χ0n) is 13.7. The predicted molar refractivity (Wildman–Crippen MR) is 93.8 cm³/mol. The Balaban J connectivity index is 0.00000196. The molecule has 1 aromatic carbocycles. The van der Waals surface area contributed by atoms with Crippen molar-refractivity contribution in [1.82, 2.24) is 15.5 Å². The van der Waals surface area contributed by atoms with Crippen molar-refractivity contribution in [3.05, 3.63) is 34.9 Å². The van der Waals surface area contributed by atoms with Gasteiger partial charge >= 0.3 is 0 Å². The molecule has 7 nitrogen and oxygen atoms in total. The molecule has 138 valence electrons. The molecule has 1 saturated carbocycles. The average molecular weight is 357 g/mol. The Morgan fingerprint density at radius 3 is 2.65 bits per heavy atom. The molecule has 0 radical (unpaired) electrons. The minimum absolute atomic E-state index is 0. The maximum atomic E-state index is 12.7. The number of rotatable bonds is 4. The lowest BCUT2D eigenvalue weighted by Gasteiger charge is -2.29. The summed E-state index contributed by atoms with van der Waals surface area (Å²) in [5.74, 6) is -0.711. The number of amides is 4. The molecule has 1 aliphatic carbocycles. The second-order valence-corrected chi connectivity index (χ2v) is 6.84. The van der Waals surface area contributed by atoms with Crippen molar-refractivity contribution in [2.75, 3.05) is 0 Å². The Kier molecular flexibility index (Phi) is 4.80. The van der Waals surface area contributed by atoms with Crippen LogP contribution in [0.25, 0.3) is 0 Å². The van der Waals surface area contributed by atoms with Crippen molar-refractivity contribution >= 4 is 23.6 Å². The summed E-state index contributed by atoms with van der Waals surface area (Å²) in [5, 5.41) is 5.22. The van der Waals surface area contributed by atoms with Crippen LogP contribution >= 0.6 is 0 Å². The van der Waals surface area contributed by atoms with Gasteiger partial charge in [-0.05, 0) is 36.5 Å². The molecule has 2 heterocycles. The number of hydrogen-bond acceptors (Lipinski definition) is 4. The third kappa shape index (κ3) is 3.21. The van der Waals surface area contributed by atoms with Crippen molar-refractivity contribution in [1.29, 1.82) is 0 Å². The molecule has 2 N–H and O–H groups in total. The number of hydrogen-bond donors (Lipinski definition) is 2. The molecule has 3 aliphatic rings. The van der Waals surface area contributed by atoms with Crippen molar-refractivity contribution in [3.63, 3.8) is 0 Å². The molecule has 1 aromatic rings. The minimum atomic E-state index is -0.619. The molecule has 2 fully saturated rings. The average Bonchev–Trinajstić information content (AvgIpc) is 3.38. The fraction of sp³-hybridized carbons (Fsp3) is 0.474. The molecule has 1 saturated heterocycles. The van der Waals surface area contributed by atoms with Crippen LogP contribution in [0.3, 0.4) is 0 Å². The zero-order chi connectivity index (χ0) is 17.6. The van der Waals surface area contributed by atoms with Crippen LogP contribution in [0.15, 0.2) is 18.2 Å². The maximum Gasteiger partial charge on any atom is 0.255 e. The van der Waals surface area contributed by atoms with Crippen molar-refractivity contribution < 1.29 is 19.2 Å². The van der Waals surface area contributed by atoms with Gasteiger partial charge in [0.2, 0.25) is 17.7 Å². The monoisotopic (exact) mass is 357 g/mol. The lowest BCUT2D eigenvalue weighted by atomic mass is 10.0. The number of benzene rings is 1. The van der Waals surface area contributed by atoms with Crippen molar-refractivity contribution in [3.8, 4) is 0 Å². The number of nitrogens with one attached hydrogen (secondary N) is 2. The van der Waals surface area contributed by atoms with Gasteiger partial charge in [-0.2, -0.15) is 0 Å². The van der Waals surface area contributed by atoms with Gasteiger partial charge in [0.25, 0.3) is 5.91 Å². The van der Waals surface area contributed by atoms with Gasteiger partial charge in [0, 0.05) is 31.0 Å². The minimum Gasteiger partial charge on any atom is -0.352 e. The molecular weight excluding hydrogens is 334 g/mol. The molecule has 0 spiro atoms. The molecule has 1 atom stereocenters. The predicted octanol–water partition coefficient (Wildman–Crippen LogP) is 1.11. The molecule has 0 bridgehead atoms. The van der Waals surface area contributed by atoms with E-state index in [9.17, 15) is 19.2 Å². The lowest BCUT2D eigenvalue weighted by Crippen LogP contribution is -2.52. The normalized spacial score (nSPS) is 21.8. The number of fused-ring (bicyclic) bond motifs is 1. The summed E-state index contributed by atoms with van der Waals surface area (Å²) in [6.45, 7) is 0.713. The van der Waals surface area contributed by atoms with E-state index in [4.69, 9.17) is 0 Å². The van der Waals surface area contributed by atoms with Gasteiger partial charge in [-0.3, -0.25) is 24.5 Å². The van der Waals surface area contributed by atoms with E-state index in [-0.39, 0.29) is 37.5 Å². The third-order valence-corrected chi connectivity index (χ3v) is 5.08. The van der Waals surface area contributed by atoms with E-state index >= 15 is 0 Å². The van der Waals surface area contributed by atoms with Gasteiger partial charge in [0.1, 0.15) is 6.04 Å². The number of nitrogens with zero attached hydrogens (tertiary/aromatic N) is 1. The topological polar surface area (TPSA) is 95.6 Å². The fourth-order valence-electron chi connectivity index (χ4n) is 3.49. The van der Waals surface area contributed by atoms with E-state index in [0.29, 0.717) is 25.1 Å². The van der Waals surface area contributed by atoms with Crippen LogP contribution in [-0.2, 0) is 27.5 Å². The van der Waals surface area contributed by atoms with Gasteiger partial charge in [0.15, 0.2) is 0 Å². The Labute approximate surface area is 152 Å². The van der Waals surface area contributed by atoms with Crippen LogP contribution in [0.5, 0.6) is 0 Å². The second kappa shape index (κ2) is 6.90. The van der Waals surface area contributed by atoms with Crippen LogP contribution in [-0.4, -0.2) is 34.6 Å². The molecule has 7 heteroatoms. The van der Waals surface area contributed by atoms with Gasteiger partial charge in [-0.1, -0.05) is 19.6 Å². The second-order valence-electron chi connectivity index (χ2n) is 6.84. The molecular formula is C19H23N3O4. The Bertz CT molecular complexity index is 785. The quantitative estimate of drug-likeness (QED) is 0.789.